The highest BCUT2D eigenvalue weighted by atomic mass is 16.4. The van der Waals surface area contributed by atoms with Crippen molar-refractivity contribution < 1.29 is 19.1 Å². The van der Waals surface area contributed by atoms with Gasteiger partial charge in [-0.05, 0) is 25.1 Å². The van der Waals surface area contributed by atoms with Crippen LogP contribution in [0.3, 0.4) is 0 Å². The molecule has 1 amide bonds. The Bertz CT molecular complexity index is 630. The quantitative estimate of drug-likeness (QED) is 0.877. The van der Waals surface area contributed by atoms with Gasteiger partial charge in [-0.2, -0.15) is 0 Å². The van der Waals surface area contributed by atoms with Gasteiger partial charge in [-0.25, -0.2) is 0 Å². The molecule has 0 spiro atoms. The minimum Gasteiger partial charge on any atom is -0.481 e. The average molecular weight is 273 g/mol. The van der Waals surface area contributed by atoms with Crippen LogP contribution in [-0.2, 0) is 4.79 Å². The Labute approximate surface area is 116 Å². The number of nitrogens with one attached hydrogen (secondary N) is 1. The Morgan fingerprint density at radius 2 is 2.05 bits per heavy atom. The van der Waals surface area contributed by atoms with Gasteiger partial charge in [-0.1, -0.05) is 23.8 Å². The van der Waals surface area contributed by atoms with Gasteiger partial charge in [0.1, 0.15) is 5.76 Å². The Balaban J connectivity index is 2.05. The van der Waals surface area contributed by atoms with E-state index >= 15 is 0 Å². The predicted molar refractivity (Wildman–Crippen MR) is 73.5 cm³/mol. The number of furan rings is 1. The number of rotatable bonds is 5. The van der Waals surface area contributed by atoms with Crippen molar-refractivity contribution in [1.29, 1.82) is 0 Å². The molecule has 104 valence electrons. The smallest absolute Gasteiger partial charge is 0.305 e. The zero-order chi connectivity index (χ0) is 14.5. The molecule has 1 aromatic heterocycles. The number of carbonyl (C=O) groups excluding carboxylic acids is 1. The topological polar surface area (TPSA) is 79.5 Å². The van der Waals surface area contributed by atoms with E-state index in [9.17, 15) is 9.59 Å². The van der Waals surface area contributed by atoms with Crippen LogP contribution in [-0.4, -0.2) is 23.5 Å². The van der Waals surface area contributed by atoms with Crippen molar-refractivity contribution in [3.63, 3.8) is 0 Å². The van der Waals surface area contributed by atoms with E-state index < -0.39 is 11.9 Å². The third-order valence-corrected chi connectivity index (χ3v) is 2.76. The minimum atomic E-state index is -0.954. The van der Waals surface area contributed by atoms with Gasteiger partial charge >= 0.3 is 5.97 Å². The van der Waals surface area contributed by atoms with E-state index in [0.717, 1.165) is 11.1 Å². The van der Waals surface area contributed by atoms with Gasteiger partial charge in [0.15, 0.2) is 5.76 Å². The number of amides is 1. The first-order valence-corrected chi connectivity index (χ1v) is 6.23. The van der Waals surface area contributed by atoms with Crippen molar-refractivity contribution in [3.05, 3.63) is 47.7 Å². The third-order valence-electron chi connectivity index (χ3n) is 2.76. The zero-order valence-corrected chi connectivity index (χ0v) is 11.1. The second-order valence-corrected chi connectivity index (χ2v) is 4.43. The van der Waals surface area contributed by atoms with Crippen LogP contribution in [0.1, 0.15) is 22.5 Å². The van der Waals surface area contributed by atoms with Crippen LogP contribution >= 0.6 is 0 Å². The Hall–Kier alpha value is -2.56. The van der Waals surface area contributed by atoms with E-state index in [-0.39, 0.29) is 18.7 Å². The molecule has 0 aliphatic rings. The molecule has 0 atom stereocenters. The summed E-state index contributed by atoms with van der Waals surface area (Å²) >= 11 is 0. The van der Waals surface area contributed by atoms with E-state index in [4.69, 9.17) is 9.52 Å². The summed E-state index contributed by atoms with van der Waals surface area (Å²) in [7, 11) is 0. The molecule has 5 heteroatoms. The molecule has 0 unspecified atom stereocenters. The first-order valence-electron chi connectivity index (χ1n) is 6.23. The van der Waals surface area contributed by atoms with Gasteiger partial charge in [0.25, 0.3) is 5.91 Å². The molecule has 0 fully saturated rings. The van der Waals surface area contributed by atoms with Gasteiger partial charge in [-0.15, -0.1) is 0 Å². The molecule has 1 aromatic carbocycles. The van der Waals surface area contributed by atoms with Crippen LogP contribution in [0.5, 0.6) is 0 Å². The van der Waals surface area contributed by atoms with Gasteiger partial charge in [0.05, 0.1) is 6.42 Å². The number of hydrogen-bond donors (Lipinski definition) is 2. The minimum absolute atomic E-state index is 0.0780. The standard InChI is InChI=1S/C15H15NO4/c1-10-3-2-4-11(9-10)12-5-6-13(20-12)15(19)16-8-7-14(17)18/h2-6,9H,7-8H2,1H3,(H,16,19)(H,17,18). The van der Waals surface area contributed by atoms with Crippen LogP contribution in [0.25, 0.3) is 11.3 Å². The summed E-state index contributed by atoms with van der Waals surface area (Å²) in [6.45, 7) is 2.06. The fraction of sp³-hybridized carbons (Fsp3) is 0.200. The summed E-state index contributed by atoms with van der Waals surface area (Å²) in [6.07, 6.45) is -0.114. The SMILES string of the molecule is Cc1cccc(-c2ccc(C(=O)NCCC(=O)O)o2)c1. The maximum atomic E-state index is 11.7. The Kier molecular flexibility index (Phi) is 4.20. The van der Waals surface area contributed by atoms with Crippen LogP contribution in [0.2, 0.25) is 0 Å². The maximum Gasteiger partial charge on any atom is 0.305 e. The van der Waals surface area contributed by atoms with Crippen LogP contribution in [0, 0.1) is 6.92 Å². The molecule has 0 aliphatic heterocycles. The van der Waals surface area contributed by atoms with E-state index in [1.165, 1.54) is 0 Å². The van der Waals surface area contributed by atoms with Crippen molar-refractivity contribution in [2.24, 2.45) is 0 Å². The summed E-state index contributed by atoms with van der Waals surface area (Å²) in [5.41, 5.74) is 2.00. The molecule has 0 aliphatic carbocycles. The average Bonchev–Trinajstić information content (AvgIpc) is 2.87. The first-order chi connectivity index (χ1) is 9.56. The van der Waals surface area contributed by atoms with E-state index in [1.54, 1.807) is 12.1 Å². The summed E-state index contributed by atoms with van der Waals surface area (Å²) in [5.74, 6) is -0.584. The molecule has 2 aromatic rings. The highest BCUT2D eigenvalue weighted by Gasteiger charge is 2.12. The van der Waals surface area contributed by atoms with E-state index in [1.807, 2.05) is 31.2 Å². The monoisotopic (exact) mass is 273 g/mol. The molecule has 0 radical (unpaired) electrons. The zero-order valence-electron chi connectivity index (χ0n) is 11.1. The van der Waals surface area contributed by atoms with Gasteiger partial charge in [0.2, 0.25) is 0 Å². The van der Waals surface area contributed by atoms with Crippen molar-refractivity contribution >= 4 is 11.9 Å². The molecule has 1 heterocycles. The van der Waals surface area contributed by atoms with E-state index in [2.05, 4.69) is 5.32 Å². The van der Waals surface area contributed by atoms with Crippen molar-refractivity contribution in [2.45, 2.75) is 13.3 Å². The number of carboxylic acid groups (broad SMARTS) is 1. The number of benzene rings is 1. The van der Waals surface area contributed by atoms with Crippen molar-refractivity contribution in [1.82, 2.24) is 5.32 Å². The second-order valence-electron chi connectivity index (χ2n) is 4.43. The molecule has 2 N–H and O–H groups in total. The van der Waals surface area contributed by atoms with Gasteiger partial charge < -0.3 is 14.8 Å². The predicted octanol–water partition coefficient (Wildman–Crippen LogP) is 2.46. The number of carboxylic acids is 1. The van der Waals surface area contributed by atoms with Crippen molar-refractivity contribution in [2.75, 3.05) is 6.54 Å². The molecule has 2 rings (SSSR count). The maximum absolute atomic E-state index is 11.7. The lowest BCUT2D eigenvalue weighted by Gasteiger charge is -2.01. The summed E-state index contributed by atoms with van der Waals surface area (Å²) in [4.78, 5) is 22.1. The lowest BCUT2D eigenvalue weighted by Crippen LogP contribution is -2.25. The summed E-state index contributed by atoms with van der Waals surface area (Å²) in [6, 6.07) is 11.1. The summed E-state index contributed by atoms with van der Waals surface area (Å²) < 4.78 is 5.48. The van der Waals surface area contributed by atoms with Crippen LogP contribution < -0.4 is 5.32 Å². The molecule has 0 saturated carbocycles. The number of hydrogen-bond acceptors (Lipinski definition) is 3. The molecule has 5 nitrogen and oxygen atoms in total. The highest BCUT2D eigenvalue weighted by molar-refractivity contribution is 5.92. The first kappa shape index (κ1) is 13.9. The fourth-order valence-electron chi connectivity index (χ4n) is 1.78. The number of aryl methyl sites for hydroxylation is 1. The van der Waals surface area contributed by atoms with Gasteiger partial charge in [0, 0.05) is 12.1 Å². The fourth-order valence-corrected chi connectivity index (χ4v) is 1.78. The van der Waals surface area contributed by atoms with Crippen LogP contribution in [0.4, 0.5) is 0 Å². The lowest BCUT2D eigenvalue weighted by molar-refractivity contribution is -0.136. The summed E-state index contributed by atoms with van der Waals surface area (Å²) in [5, 5.41) is 11.0. The molecule has 0 saturated heterocycles. The normalized spacial score (nSPS) is 10.2. The Morgan fingerprint density at radius 3 is 2.75 bits per heavy atom. The number of aliphatic carboxylic acids is 1. The lowest BCUT2D eigenvalue weighted by atomic mass is 10.1. The second kappa shape index (κ2) is 6.06. The molecule has 20 heavy (non-hydrogen) atoms. The van der Waals surface area contributed by atoms with Gasteiger partial charge in [-0.3, -0.25) is 9.59 Å². The Morgan fingerprint density at radius 1 is 1.25 bits per heavy atom. The van der Waals surface area contributed by atoms with E-state index in [0.29, 0.717) is 5.76 Å². The molecule has 0 bridgehead atoms. The number of carbonyl (C=O) groups is 2. The third kappa shape index (κ3) is 3.47. The van der Waals surface area contributed by atoms with Crippen LogP contribution in [0.15, 0.2) is 40.8 Å². The molecular weight excluding hydrogens is 258 g/mol. The molecular formula is C15H15NO4. The highest BCUT2D eigenvalue weighted by Crippen LogP contribution is 2.22. The van der Waals surface area contributed by atoms with Crippen molar-refractivity contribution in [3.8, 4) is 11.3 Å². The largest absolute Gasteiger partial charge is 0.481 e.